The fourth-order valence-electron chi connectivity index (χ4n) is 3.60. The van der Waals surface area contributed by atoms with Gasteiger partial charge in [-0.05, 0) is 47.9 Å². The first-order valence-corrected chi connectivity index (χ1v) is 13.9. The largest absolute Gasteiger partial charge is 0.355 e. The highest BCUT2D eigenvalue weighted by Crippen LogP contribution is 2.21. The average molecular weight is 604 g/mol. The van der Waals surface area contributed by atoms with Crippen LogP contribution in [0.1, 0.15) is 23.6 Å². The fraction of sp³-hybridized carbons (Fsp3) is 0.259. The Labute approximate surface area is 222 Å². The van der Waals surface area contributed by atoms with Gasteiger partial charge in [0.2, 0.25) is 11.8 Å². The third-order valence-corrected chi connectivity index (χ3v) is 7.28. The van der Waals surface area contributed by atoms with E-state index in [4.69, 9.17) is 0 Å². The molecule has 2 amide bonds. The number of hydrogen-bond acceptors (Lipinski definition) is 3. The monoisotopic (exact) mass is 602 g/mol. The molecule has 3 aromatic carbocycles. The van der Waals surface area contributed by atoms with Gasteiger partial charge < -0.3 is 10.2 Å². The minimum Gasteiger partial charge on any atom is -0.355 e. The maximum absolute atomic E-state index is 13.5. The van der Waals surface area contributed by atoms with Gasteiger partial charge in [0, 0.05) is 34.2 Å². The summed E-state index contributed by atoms with van der Waals surface area (Å²) in [5, 5.41) is 2.93. The molecule has 0 saturated carbocycles. The number of nitrogens with zero attached hydrogens (tertiary/aromatic N) is 1. The Bertz CT molecular complexity index is 1080. The van der Waals surface area contributed by atoms with E-state index in [0.29, 0.717) is 25.3 Å². The first-order valence-electron chi connectivity index (χ1n) is 11.1. The van der Waals surface area contributed by atoms with Crippen LogP contribution in [0.5, 0.6) is 0 Å². The zero-order valence-electron chi connectivity index (χ0n) is 19.0. The van der Waals surface area contributed by atoms with Gasteiger partial charge in [-0.2, -0.15) is 0 Å². The van der Waals surface area contributed by atoms with E-state index in [2.05, 4.69) is 37.2 Å². The molecule has 0 saturated heterocycles. The van der Waals surface area contributed by atoms with Crippen LogP contribution in [0, 0.1) is 0 Å². The molecule has 1 N–H and O–H groups in total. The van der Waals surface area contributed by atoms with Gasteiger partial charge in [0.15, 0.2) is 0 Å². The number of nitrogens with one attached hydrogen (secondary N) is 1. The van der Waals surface area contributed by atoms with Crippen molar-refractivity contribution in [1.82, 2.24) is 10.2 Å². The summed E-state index contributed by atoms with van der Waals surface area (Å²) in [4.78, 5) is 28.4. The Kier molecular flexibility index (Phi) is 10.7. The lowest BCUT2D eigenvalue weighted by molar-refractivity contribution is -0.139. The molecule has 0 aliphatic rings. The van der Waals surface area contributed by atoms with E-state index >= 15 is 0 Å². The van der Waals surface area contributed by atoms with Crippen LogP contribution in [0.2, 0.25) is 0 Å². The molecule has 0 aliphatic heterocycles. The number of hydrogen-bond donors (Lipinski definition) is 1. The van der Waals surface area contributed by atoms with E-state index in [1.807, 2.05) is 85.8 Å². The quantitative estimate of drug-likeness (QED) is 0.283. The SMILES string of the molecule is CCNC(=O)[C@H](Cc1ccccc1)N(Cc1cccc(Br)c1)C(=O)CSCc1ccc(Br)cc1. The molecule has 0 radical (unpaired) electrons. The van der Waals surface area contributed by atoms with Gasteiger partial charge >= 0.3 is 0 Å². The Morgan fingerprint density at radius 3 is 2.26 bits per heavy atom. The van der Waals surface area contributed by atoms with Crippen molar-refractivity contribution in [3.05, 3.63) is 104 Å². The predicted molar refractivity (Wildman–Crippen MR) is 148 cm³/mol. The number of halogens is 2. The van der Waals surface area contributed by atoms with E-state index < -0.39 is 6.04 Å². The number of rotatable bonds is 11. The number of amides is 2. The number of carbonyl (C=O) groups is 2. The number of carbonyl (C=O) groups excluding carboxylic acids is 2. The van der Waals surface area contributed by atoms with Crippen LogP contribution in [0.3, 0.4) is 0 Å². The minimum absolute atomic E-state index is 0.0470. The number of likely N-dealkylation sites (N-methyl/N-ethyl adjacent to an activating group) is 1. The second-order valence-corrected chi connectivity index (χ2v) is 10.7. The molecule has 7 heteroatoms. The van der Waals surface area contributed by atoms with Crippen LogP contribution >= 0.6 is 43.6 Å². The Morgan fingerprint density at radius 1 is 0.882 bits per heavy atom. The van der Waals surface area contributed by atoms with Crippen molar-refractivity contribution in [3.63, 3.8) is 0 Å². The van der Waals surface area contributed by atoms with Crippen LogP contribution in [0.25, 0.3) is 0 Å². The lowest BCUT2D eigenvalue weighted by Gasteiger charge is -2.31. The summed E-state index contributed by atoms with van der Waals surface area (Å²) in [6.07, 6.45) is 0.462. The molecule has 0 bridgehead atoms. The molecule has 3 aromatic rings. The topological polar surface area (TPSA) is 49.4 Å². The van der Waals surface area contributed by atoms with Gasteiger partial charge in [-0.25, -0.2) is 0 Å². The van der Waals surface area contributed by atoms with Gasteiger partial charge in [0.25, 0.3) is 0 Å². The van der Waals surface area contributed by atoms with Crippen molar-refractivity contribution >= 4 is 55.4 Å². The summed E-state index contributed by atoms with van der Waals surface area (Å²) in [5.74, 6) is 0.852. The fourth-order valence-corrected chi connectivity index (χ4v) is 5.18. The number of thioether (sulfide) groups is 1. The van der Waals surface area contributed by atoms with Gasteiger partial charge in [-0.1, -0.05) is 86.5 Å². The Morgan fingerprint density at radius 2 is 1.59 bits per heavy atom. The Hall–Kier alpha value is -2.09. The minimum atomic E-state index is -0.595. The smallest absolute Gasteiger partial charge is 0.243 e. The molecule has 3 rings (SSSR count). The molecule has 0 spiro atoms. The summed E-state index contributed by atoms with van der Waals surface area (Å²) in [6.45, 7) is 2.78. The molecular weight excluding hydrogens is 576 g/mol. The van der Waals surface area contributed by atoms with Crippen LogP contribution in [-0.2, 0) is 28.3 Å². The first kappa shape index (κ1) is 26.5. The number of benzene rings is 3. The van der Waals surface area contributed by atoms with Crippen molar-refractivity contribution in [3.8, 4) is 0 Å². The Balaban J connectivity index is 1.81. The van der Waals surface area contributed by atoms with Gasteiger partial charge in [0.1, 0.15) is 6.04 Å². The first-order chi connectivity index (χ1) is 16.5. The highest BCUT2D eigenvalue weighted by molar-refractivity contribution is 9.10. The molecule has 0 aliphatic carbocycles. The molecular formula is C27H28Br2N2O2S. The molecule has 0 aromatic heterocycles. The maximum atomic E-state index is 13.5. The van der Waals surface area contributed by atoms with E-state index in [9.17, 15) is 9.59 Å². The third-order valence-electron chi connectivity index (χ3n) is 5.27. The van der Waals surface area contributed by atoms with Crippen LogP contribution in [0.4, 0.5) is 0 Å². The van der Waals surface area contributed by atoms with Gasteiger partial charge in [0.05, 0.1) is 5.75 Å². The molecule has 0 unspecified atom stereocenters. The summed E-state index contributed by atoms with van der Waals surface area (Å²) in [5.41, 5.74) is 3.15. The van der Waals surface area contributed by atoms with Crippen molar-refractivity contribution in [2.45, 2.75) is 31.7 Å². The lowest BCUT2D eigenvalue weighted by Crippen LogP contribution is -2.51. The van der Waals surface area contributed by atoms with Crippen molar-refractivity contribution in [2.75, 3.05) is 12.3 Å². The van der Waals surface area contributed by atoms with E-state index in [1.54, 1.807) is 16.7 Å². The highest BCUT2D eigenvalue weighted by Gasteiger charge is 2.30. The van der Waals surface area contributed by atoms with Crippen molar-refractivity contribution in [2.24, 2.45) is 0 Å². The average Bonchev–Trinajstić information content (AvgIpc) is 2.83. The molecule has 0 heterocycles. The summed E-state index contributed by atoms with van der Waals surface area (Å²) in [6, 6.07) is 25.2. The van der Waals surface area contributed by atoms with E-state index in [1.165, 1.54) is 0 Å². The van der Waals surface area contributed by atoms with Gasteiger partial charge in [-0.3, -0.25) is 9.59 Å². The summed E-state index contributed by atoms with van der Waals surface area (Å²) in [7, 11) is 0. The van der Waals surface area contributed by atoms with Crippen molar-refractivity contribution < 1.29 is 9.59 Å². The van der Waals surface area contributed by atoms with Crippen LogP contribution < -0.4 is 5.32 Å². The second-order valence-electron chi connectivity index (χ2n) is 7.87. The zero-order chi connectivity index (χ0) is 24.3. The van der Waals surface area contributed by atoms with Gasteiger partial charge in [-0.15, -0.1) is 11.8 Å². The molecule has 4 nitrogen and oxygen atoms in total. The normalized spacial score (nSPS) is 11.6. The predicted octanol–water partition coefficient (Wildman–Crippen LogP) is 6.22. The third kappa shape index (κ3) is 8.29. The zero-order valence-corrected chi connectivity index (χ0v) is 23.0. The lowest BCUT2D eigenvalue weighted by atomic mass is 10.0. The molecule has 178 valence electrons. The molecule has 0 fully saturated rings. The van der Waals surface area contributed by atoms with Crippen LogP contribution in [0.15, 0.2) is 87.8 Å². The maximum Gasteiger partial charge on any atom is 0.243 e. The summed E-state index contributed by atoms with van der Waals surface area (Å²) < 4.78 is 1.97. The van der Waals surface area contributed by atoms with Crippen LogP contribution in [-0.4, -0.2) is 35.1 Å². The van der Waals surface area contributed by atoms with E-state index in [-0.39, 0.29) is 11.8 Å². The standard InChI is InChI=1S/C27H28Br2N2O2S/c1-2-30-27(33)25(16-20-7-4-3-5-8-20)31(17-22-9-6-10-24(29)15-22)26(32)19-34-18-21-11-13-23(28)14-12-21/h3-15,25H,2,16-19H2,1H3,(H,30,33)/t25-/m0/s1. The second kappa shape index (κ2) is 13.7. The highest BCUT2D eigenvalue weighted by atomic mass is 79.9. The van der Waals surface area contributed by atoms with E-state index in [0.717, 1.165) is 31.4 Å². The molecule has 1 atom stereocenters. The molecule has 34 heavy (non-hydrogen) atoms. The summed E-state index contributed by atoms with van der Waals surface area (Å²) >= 11 is 8.53. The van der Waals surface area contributed by atoms with Crippen molar-refractivity contribution in [1.29, 1.82) is 0 Å².